The van der Waals surface area contributed by atoms with E-state index in [-0.39, 0.29) is 11.3 Å². The number of hydrogen-bond acceptors (Lipinski definition) is 5. The summed E-state index contributed by atoms with van der Waals surface area (Å²) in [7, 11) is 0. The van der Waals surface area contributed by atoms with Crippen LogP contribution in [0, 0.1) is 0 Å². The van der Waals surface area contributed by atoms with Crippen molar-refractivity contribution in [3.8, 4) is 0 Å². The third kappa shape index (κ3) is 3.78. The maximum Gasteiger partial charge on any atom is 0.319 e. The first kappa shape index (κ1) is 13.5. The molecule has 0 radical (unpaired) electrons. The molecule has 0 spiro atoms. The lowest BCUT2D eigenvalue weighted by Crippen LogP contribution is -2.47. The maximum absolute atomic E-state index is 11.3. The van der Waals surface area contributed by atoms with Crippen LogP contribution in [0.1, 0.15) is 17.3 Å². The van der Waals surface area contributed by atoms with E-state index in [0.29, 0.717) is 0 Å². The standard InChI is InChI=1S/C11H12N2O5/c1-6(9(14)15)12-11(18)13-8-4-2-3-7(5-8)10(16)17/h2-6H,1H3,(H,14,15)(H,16,17)(H2,12,13,18)/p-2/t6-/m0/s1. The van der Waals surface area contributed by atoms with Gasteiger partial charge >= 0.3 is 6.03 Å². The molecule has 0 aliphatic carbocycles. The Morgan fingerprint density at radius 1 is 1.22 bits per heavy atom. The number of hydrogen-bond donors (Lipinski definition) is 2. The van der Waals surface area contributed by atoms with Crippen molar-refractivity contribution < 1.29 is 24.6 Å². The van der Waals surface area contributed by atoms with Crippen LogP contribution in [0.5, 0.6) is 0 Å². The molecule has 0 aliphatic heterocycles. The van der Waals surface area contributed by atoms with Crippen LogP contribution in [-0.4, -0.2) is 24.0 Å². The fourth-order valence-electron chi connectivity index (χ4n) is 1.15. The minimum atomic E-state index is -1.42. The van der Waals surface area contributed by atoms with Gasteiger partial charge in [0.15, 0.2) is 0 Å². The molecule has 7 nitrogen and oxygen atoms in total. The number of benzene rings is 1. The van der Waals surface area contributed by atoms with Gasteiger partial charge in [-0.3, -0.25) is 0 Å². The lowest BCUT2D eigenvalue weighted by Gasteiger charge is -2.15. The number of anilines is 1. The molecule has 2 amide bonds. The molecule has 7 heteroatoms. The Morgan fingerprint density at radius 3 is 2.44 bits per heavy atom. The van der Waals surface area contributed by atoms with Crippen LogP contribution >= 0.6 is 0 Å². The molecule has 0 saturated carbocycles. The van der Waals surface area contributed by atoms with Crippen LogP contribution < -0.4 is 20.8 Å². The number of carbonyl (C=O) groups excluding carboxylic acids is 3. The van der Waals surface area contributed by atoms with Crippen molar-refractivity contribution in [1.29, 1.82) is 0 Å². The van der Waals surface area contributed by atoms with Crippen LogP contribution in [-0.2, 0) is 4.79 Å². The second kappa shape index (κ2) is 5.67. The minimum Gasteiger partial charge on any atom is -0.548 e. The van der Waals surface area contributed by atoms with E-state index in [9.17, 15) is 24.6 Å². The van der Waals surface area contributed by atoms with E-state index in [1.54, 1.807) is 0 Å². The zero-order chi connectivity index (χ0) is 13.7. The molecule has 0 bridgehead atoms. The van der Waals surface area contributed by atoms with Crippen LogP contribution in [0.3, 0.4) is 0 Å². The zero-order valence-electron chi connectivity index (χ0n) is 9.43. The fraction of sp³-hybridized carbons (Fsp3) is 0.182. The molecule has 0 aliphatic rings. The third-order valence-electron chi connectivity index (χ3n) is 2.06. The van der Waals surface area contributed by atoms with E-state index in [0.717, 1.165) is 0 Å². The van der Waals surface area contributed by atoms with Crippen molar-refractivity contribution in [1.82, 2.24) is 5.32 Å². The number of amides is 2. The maximum atomic E-state index is 11.3. The Hall–Kier alpha value is -2.57. The van der Waals surface area contributed by atoms with E-state index in [1.807, 2.05) is 0 Å². The van der Waals surface area contributed by atoms with Gasteiger partial charge in [-0.25, -0.2) is 4.79 Å². The summed E-state index contributed by atoms with van der Waals surface area (Å²) in [4.78, 5) is 32.3. The number of carboxylic acids is 2. The van der Waals surface area contributed by atoms with Gasteiger partial charge in [0.1, 0.15) is 0 Å². The summed E-state index contributed by atoms with van der Waals surface area (Å²) in [5.74, 6) is -2.80. The highest BCUT2D eigenvalue weighted by Gasteiger charge is 2.08. The molecule has 0 unspecified atom stereocenters. The molecular weight excluding hydrogens is 240 g/mol. The van der Waals surface area contributed by atoms with Crippen LogP contribution in [0.4, 0.5) is 10.5 Å². The van der Waals surface area contributed by atoms with Gasteiger partial charge in [0.05, 0.1) is 18.0 Å². The van der Waals surface area contributed by atoms with Gasteiger partial charge in [-0.05, 0) is 24.6 Å². The third-order valence-corrected chi connectivity index (χ3v) is 2.06. The number of rotatable bonds is 4. The second-order valence-electron chi connectivity index (χ2n) is 3.51. The molecule has 0 aromatic heterocycles. The lowest BCUT2D eigenvalue weighted by atomic mass is 10.2. The van der Waals surface area contributed by atoms with Gasteiger partial charge in [-0.2, -0.15) is 0 Å². The van der Waals surface area contributed by atoms with E-state index >= 15 is 0 Å². The van der Waals surface area contributed by atoms with E-state index in [2.05, 4.69) is 10.6 Å². The number of aromatic carboxylic acids is 1. The largest absolute Gasteiger partial charge is 0.548 e. The molecule has 0 saturated heterocycles. The molecule has 1 aromatic carbocycles. The van der Waals surface area contributed by atoms with Gasteiger partial charge in [0.25, 0.3) is 0 Å². The average Bonchev–Trinajstić information content (AvgIpc) is 2.28. The molecule has 18 heavy (non-hydrogen) atoms. The van der Waals surface area contributed by atoms with Crippen molar-refractivity contribution in [2.24, 2.45) is 0 Å². The van der Waals surface area contributed by atoms with Crippen molar-refractivity contribution >= 4 is 23.7 Å². The predicted octanol–water partition coefficient (Wildman–Crippen LogP) is -1.69. The van der Waals surface area contributed by atoms with Crippen molar-refractivity contribution in [2.75, 3.05) is 5.32 Å². The minimum absolute atomic E-state index is 0.0965. The molecule has 0 fully saturated rings. The summed E-state index contributed by atoms with van der Waals surface area (Å²) in [6.45, 7) is 1.24. The summed E-state index contributed by atoms with van der Waals surface area (Å²) in [6.07, 6.45) is 0. The second-order valence-corrected chi connectivity index (χ2v) is 3.51. The normalized spacial score (nSPS) is 11.4. The van der Waals surface area contributed by atoms with Crippen LogP contribution in [0.2, 0.25) is 0 Å². The first-order chi connectivity index (χ1) is 8.40. The van der Waals surface area contributed by atoms with Gasteiger partial charge < -0.3 is 30.4 Å². The molecule has 1 aromatic rings. The smallest absolute Gasteiger partial charge is 0.319 e. The predicted molar refractivity (Wildman–Crippen MR) is 57.4 cm³/mol. The molecule has 96 valence electrons. The first-order valence-electron chi connectivity index (χ1n) is 5.00. The van der Waals surface area contributed by atoms with Gasteiger partial charge in [0.2, 0.25) is 0 Å². The molecule has 1 rings (SSSR count). The average molecular weight is 250 g/mol. The summed E-state index contributed by atoms with van der Waals surface area (Å²) in [5, 5.41) is 25.4. The Bertz CT molecular complexity index is 486. The number of carboxylic acid groups (broad SMARTS) is 2. The molecule has 2 N–H and O–H groups in total. The fourth-order valence-corrected chi connectivity index (χ4v) is 1.15. The van der Waals surface area contributed by atoms with Gasteiger partial charge in [0, 0.05) is 5.69 Å². The van der Waals surface area contributed by atoms with Gasteiger partial charge in [-0.1, -0.05) is 12.1 Å². The number of nitrogens with one attached hydrogen (secondary N) is 2. The highest BCUT2D eigenvalue weighted by atomic mass is 16.4. The summed E-state index contributed by atoms with van der Waals surface area (Å²) >= 11 is 0. The number of urea groups is 1. The van der Waals surface area contributed by atoms with Crippen molar-refractivity contribution in [2.45, 2.75) is 13.0 Å². The van der Waals surface area contributed by atoms with E-state index in [1.165, 1.54) is 31.2 Å². The SMILES string of the molecule is C[C@H](NC(=O)Nc1cccc(C(=O)[O-])c1)C(=O)[O-]. The molecule has 0 heterocycles. The number of carbonyl (C=O) groups is 3. The summed E-state index contributed by atoms with van der Waals surface area (Å²) < 4.78 is 0. The lowest BCUT2D eigenvalue weighted by molar-refractivity contribution is -0.307. The topological polar surface area (TPSA) is 121 Å². The van der Waals surface area contributed by atoms with Crippen LogP contribution in [0.15, 0.2) is 24.3 Å². The first-order valence-corrected chi connectivity index (χ1v) is 5.00. The van der Waals surface area contributed by atoms with Crippen molar-refractivity contribution in [3.05, 3.63) is 29.8 Å². The monoisotopic (exact) mass is 250 g/mol. The van der Waals surface area contributed by atoms with E-state index in [4.69, 9.17) is 0 Å². The zero-order valence-corrected chi connectivity index (χ0v) is 9.43. The summed E-state index contributed by atoms with van der Waals surface area (Å²) in [5.41, 5.74) is 0.112. The quantitative estimate of drug-likeness (QED) is 0.660. The van der Waals surface area contributed by atoms with E-state index < -0.39 is 24.0 Å². The highest BCUT2D eigenvalue weighted by Crippen LogP contribution is 2.09. The van der Waals surface area contributed by atoms with Gasteiger partial charge in [-0.15, -0.1) is 0 Å². The Morgan fingerprint density at radius 2 is 1.89 bits per heavy atom. The van der Waals surface area contributed by atoms with Crippen LogP contribution in [0.25, 0.3) is 0 Å². The molecular formula is C11H10N2O5-2. The summed E-state index contributed by atoms with van der Waals surface area (Å²) in [6, 6.07) is 3.44. The molecule has 1 atom stereocenters. The Balaban J connectivity index is 2.67. The highest BCUT2D eigenvalue weighted by molar-refractivity contribution is 5.93. The number of aliphatic carboxylic acids is 1. The Kier molecular flexibility index (Phi) is 4.25. The van der Waals surface area contributed by atoms with Crippen molar-refractivity contribution in [3.63, 3.8) is 0 Å². The Labute approximate surface area is 102 Å².